The van der Waals surface area contributed by atoms with Crippen LogP contribution < -0.4 is 0 Å². The average Bonchev–Trinajstić information content (AvgIpc) is 3.41. The fourth-order valence-electron chi connectivity index (χ4n) is 5.03. The number of Topliss-reactive ketones (excluding diaryl/α,β-unsaturated/α-hetero) is 1. The molecule has 7 heteroatoms. The van der Waals surface area contributed by atoms with Crippen molar-refractivity contribution >= 4 is 17.4 Å². The second-order valence-electron chi connectivity index (χ2n) is 10.8. The molecule has 0 saturated carbocycles. The number of hydrogen-bond acceptors (Lipinski definition) is 5. The van der Waals surface area contributed by atoms with E-state index in [0.29, 0.717) is 24.3 Å². The lowest BCUT2D eigenvalue weighted by Crippen LogP contribution is -2.38. The fraction of sp³-hybridized carbons (Fsp3) is 0.387. The predicted octanol–water partition coefficient (Wildman–Crippen LogP) is 5.24. The molecule has 0 spiro atoms. The molecule has 7 nitrogen and oxygen atoms in total. The fourth-order valence-corrected chi connectivity index (χ4v) is 5.03. The van der Waals surface area contributed by atoms with Gasteiger partial charge in [0.1, 0.15) is 5.76 Å². The minimum Gasteiger partial charge on any atom is -0.507 e. The average molecular weight is 515 g/mol. The maximum Gasteiger partial charge on any atom is 0.295 e. The van der Waals surface area contributed by atoms with E-state index in [0.717, 1.165) is 29.9 Å². The number of amides is 1. The van der Waals surface area contributed by atoms with Crippen LogP contribution in [0.3, 0.4) is 0 Å². The van der Waals surface area contributed by atoms with Gasteiger partial charge in [-0.1, -0.05) is 77.1 Å². The van der Waals surface area contributed by atoms with Crippen molar-refractivity contribution in [1.82, 2.24) is 19.6 Å². The Bertz CT molecular complexity index is 1330. The van der Waals surface area contributed by atoms with Crippen molar-refractivity contribution in [2.75, 3.05) is 26.2 Å². The molecule has 1 aromatic heterocycles. The Labute approximate surface area is 225 Å². The zero-order chi connectivity index (χ0) is 27.6. The molecule has 1 fully saturated rings. The number of rotatable bonds is 8. The molecular formula is C31H38N4O3. The van der Waals surface area contributed by atoms with Crippen LogP contribution in [0.15, 0.2) is 66.4 Å². The number of likely N-dealkylation sites (N-methyl/N-ethyl adjacent to an activating group) is 1. The van der Waals surface area contributed by atoms with Crippen LogP contribution in [-0.4, -0.2) is 62.6 Å². The highest BCUT2D eigenvalue weighted by molar-refractivity contribution is 6.46. The minimum absolute atomic E-state index is 0.0355. The van der Waals surface area contributed by atoms with Crippen molar-refractivity contribution < 1.29 is 14.7 Å². The maximum atomic E-state index is 13.5. The van der Waals surface area contributed by atoms with Gasteiger partial charge in [-0.05, 0) is 48.7 Å². The van der Waals surface area contributed by atoms with Gasteiger partial charge in [-0.25, -0.2) is 4.68 Å². The zero-order valence-electron chi connectivity index (χ0n) is 23.2. The Kier molecular flexibility index (Phi) is 7.88. The third-order valence-electron chi connectivity index (χ3n) is 7.45. The zero-order valence-corrected chi connectivity index (χ0v) is 23.2. The van der Waals surface area contributed by atoms with Crippen LogP contribution in [0.1, 0.15) is 63.0 Å². The van der Waals surface area contributed by atoms with E-state index in [2.05, 4.69) is 44.6 Å². The largest absolute Gasteiger partial charge is 0.507 e. The molecule has 0 aliphatic carbocycles. The van der Waals surface area contributed by atoms with E-state index in [1.807, 2.05) is 61.5 Å². The van der Waals surface area contributed by atoms with Crippen LogP contribution in [0.25, 0.3) is 11.4 Å². The summed E-state index contributed by atoms with van der Waals surface area (Å²) in [6.07, 6.45) is 1.56. The molecule has 1 saturated heterocycles. The van der Waals surface area contributed by atoms with Crippen molar-refractivity contribution in [3.05, 3.63) is 88.8 Å². The van der Waals surface area contributed by atoms with Crippen molar-refractivity contribution in [3.63, 3.8) is 0 Å². The molecule has 2 heterocycles. The van der Waals surface area contributed by atoms with Gasteiger partial charge in [0, 0.05) is 13.1 Å². The SMILES string of the molecule is CCN(CC)CCN1C(=O)C(=O)/C(=C(/O)c2cnn(-c3ccccc3)c2C)C1c1ccc(C(C)(C)C)cc1. The topological polar surface area (TPSA) is 78.7 Å². The van der Waals surface area contributed by atoms with E-state index in [1.165, 1.54) is 0 Å². The van der Waals surface area contributed by atoms with Crippen molar-refractivity contribution in [2.24, 2.45) is 0 Å². The van der Waals surface area contributed by atoms with E-state index in [4.69, 9.17) is 0 Å². The Morgan fingerprint density at radius 1 is 1.00 bits per heavy atom. The first-order valence-electron chi connectivity index (χ1n) is 13.3. The monoisotopic (exact) mass is 514 g/mol. The van der Waals surface area contributed by atoms with Gasteiger partial charge in [0.25, 0.3) is 11.7 Å². The van der Waals surface area contributed by atoms with Gasteiger partial charge in [-0.3, -0.25) is 9.59 Å². The standard InChI is InChI=1S/C31H38N4O3/c1-7-33(8-2)18-19-34-27(22-14-16-23(17-15-22)31(4,5)6)26(29(37)30(34)38)28(36)25-20-32-35(21(25)3)24-12-10-9-11-13-24/h9-17,20,27,36H,7-8,18-19H2,1-6H3/b28-26+. The summed E-state index contributed by atoms with van der Waals surface area (Å²) >= 11 is 0. The lowest BCUT2D eigenvalue weighted by Gasteiger charge is -2.28. The highest BCUT2D eigenvalue weighted by atomic mass is 16.3. The Morgan fingerprint density at radius 2 is 1.63 bits per heavy atom. The molecule has 1 aliphatic heterocycles. The molecule has 1 N–H and O–H groups in total. The molecular weight excluding hydrogens is 476 g/mol. The van der Waals surface area contributed by atoms with Crippen LogP contribution in [-0.2, 0) is 15.0 Å². The number of aromatic nitrogens is 2. The summed E-state index contributed by atoms with van der Waals surface area (Å²) in [5.74, 6) is -1.45. The molecule has 4 rings (SSSR count). The second kappa shape index (κ2) is 11.0. The number of nitrogens with zero attached hydrogens (tertiary/aromatic N) is 4. The molecule has 3 aromatic rings. The number of carbonyl (C=O) groups excluding carboxylic acids is 2. The van der Waals surface area contributed by atoms with Crippen molar-refractivity contribution in [3.8, 4) is 5.69 Å². The van der Waals surface area contributed by atoms with Gasteiger partial charge in [-0.15, -0.1) is 0 Å². The summed E-state index contributed by atoms with van der Waals surface area (Å²) in [6.45, 7) is 15.2. The summed E-state index contributed by atoms with van der Waals surface area (Å²) in [7, 11) is 0. The quantitative estimate of drug-likeness (QED) is 0.253. The van der Waals surface area contributed by atoms with Gasteiger partial charge in [0.15, 0.2) is 0 Å². The summed E-state index contributed by atoms with van der Waals surface area (Å²) in [6, 6.07) is 16.9. The molecule has 2 aromatic carbocycles. The van der Waals surface area contributed by atoms with Crippen molar-refractivity contribution in [2.45, 2.75) is 53.0 Å². The first-order valence-corrected chi connectivity index (χ1v) is 13.3. The number of carbonyl (C=O) groups is 2. The van der Waals surface area contributed by atoms with Crippen LogP contribution in [0.2, 0.25) is 0 Å². The molecule has 1 atom stereocenters. The van der Waals surface area contributed by atoms with Crippen molar-refractivity contribution in [1.29, 1.82) is 0 Å². The van der Waals surface area contributed by atoms with Crippen LogP contribution in [0.4, 0.5) is 0 Å². The molecule has 1 amide bonds. The van der Waals surface area contributed by atoms with E-state index in [9.17, 15) is 14.7 Å². The number of aliphatic hydroxyl groups is 1. The number of aliphatic hydroxyl groups excluding tert-OH is 1. The van der Waals surface area contributed by atoms with Gasteiger partial charge < -0.3 is 14.9 Å². The normalized spacial score (nSPS) is 17.6. The molecule has 1 unspecified atom stereocenters. The lowest BCUT2D eigenvalue weighted by atomic mass is 9.85. The third kappa shape index (κ3) is 5.16. The molecule has 0 radical (unpaired) electrons. The van der Waals surface area contributed by atoms with Crippen LogP contribution >= 0.6 is 0 Å². The highest BCUT2D eigenvalue weighted by Gasteiger charge is 2.46. The minimum atomic E-state index is -0.681. The smallest absolute Gasteiger partial charge is 0.295 e. The highest BCUT2D eigenvalue weighted by Crippen LogP contribution is 2.40. The van der Waals surface area contributed by atoms with Crippen LogP contribution in [0, 0.1) is 6.92 Å². The number of hydrogen-bond donors (Lipinski definition) is 1. The van der Waals surface area contributed by atoms with Gasteiger partial charge in [0.05, 0.1) is 34.8 Å². The Balaban J connectivity index is 1.82. The maximum absolute atomic E-state index is 13.5. The Hall–Kier alpha value is -3.71. The molecule has 38 heavy (non-hydrogen) atoms. The summed E-state index contributed by atoms with van der Waals surface area (Å²) in [5.41, 5.74) is 3.99. The Morgan fingerprint density at radius 3 is 2.21 bits per heavy atom. The predicted molar refractivity (Wildman–Crippen MR) is 150 cm³/mol. The molecule has 0 bridgehead atoms. The molecule has 1 aliphatic rings. The first kappa shape index (κ1) is 27.3. The van der Waals surface area contributed by atoms with Gasteiger partial charge in [-0.2, -0.15) is 5.10 Å². The van der Waals surface area contributed by atoms with Gasteiger partial charge >= 0.3 is 0 Å². The number of likely N-dealkylation sites (tertiary alicyclic amines) is 1. The number of benzene rings is 2. The first-order chi connectivity index (χ1) is 18.1. The number of ketones is 1. The van der Waals surface area contributed by atoms with E-state index in [-0.39, 0.29) is 16.7 Å². The molecule has 200 valence electrons. The summed E-state index contributed by atoms with van der Waals surface area (Å²) in [5, 5.41) is 16.0. The second-order valence-corrected chi connectivity index (χ2v) is 10.8. The van der Waals surface area contributed by atoms with E-state index >= 15 is 0 Å². The lowest BCUT2D eigenvalue weighted by molar-refractivity contribution is -0.140. The van der Waals surface area contributed by atoms with Gasteiger partial charge in [0.2, 0.25) is 0 Å². The van der Waals surface area contributed by atoms with E-state index in [1.54, 1.807) is 15.8 Å². The third-order valence-corrected chi connectivity index (χ3v) is 7.45. The number of para-hydroxylation sites is 1. The summed E-state index contributed by atoms with van der Waals surface area (Å²) in [4.78, 5) is 30.6. The van der Waals surface area contributed by atoms with E-state index < -0.39 is 17.7 Å². The van der Waals surface area contributed by atoms with Crippen LogP contribution in [0.5, 0.6) is 0 Å². The summed E-state index contributed by atoms with van der Waals surface area (Å²) < 4.78 is 1.72.